The van der Waals surface area contributed by atoms with Gasteiger partial charge >= 0.3 is 0 Å². The lowest BCUT2D eigenvalue weighted by molar-refractivity contribution is 0.457. The number of fused-ring (bicyclic) bond motifs is 1. The second-order valence-corrected chi connectivity index (χ2v) is 8.67. The van der Waals surface area contributed by atoms with E-state index in [4.69, 9.17) is 4.42 Å². The molecule has 1 saturated heterocycles. The monoisotopic (exact) mass is 426 g/mol. The Labute approximate surface area is 168 Å². The minimum Gasteiger partial charge on any atom is -0.458 e. The number of anilines is 2. The molecule has 0 amide bonds. The number of aromatic nitrogens is 2. The van der Waals surface area contributed by atoms with E-state index in [2.05, 4.69) is 20.6 Å². The van der Waals surface area contributed by atoms with Crippen molar-refractivity contribution in [2.75, 3.05) is 24.7 Å². The molecule has 0 radical (unpaired) electrons. The van der Waals surface area contributed by atoms with Crippen molar-refractivity contribution >= 4 is 44.8 Å². The van der Waals surface area contributed by atoms with Gasteiger partial charge in [0.2, 0.25) is 0 Å². The lowest BCUT2D eigenvalue weighted by atomic mass is 9.91. The smallest absolute Gasteiger partial charge is 0.195 e. The van der Waals surface area contributed by atoms with Crippen LogP contribution in [0.25, 0.3) is 11.1 Å². The van der Waals surface area contributed by atoms with Crippen LogP contribution < -0.4 is 10.6 Å². The van der Waals surface area contributed by atoms with E-state index in [0.29, 0.717) is 22.8 Å². The molecule has 4 rings (SSSR count). The number of nitrogens with zero attached hydrogens (tertiary/aromatic N) is 2. The molecule has 2 aromatic heterocycles. The Morgan fingerprint density at radius 1 is 1.25 bits per heavy atom. The average molecular weight is 427 g/mol. The summed E-state index contributed by atoms with van der Waals surface area (Å²) in [5.41, 5.74) is 2.32. The van der Waals surface area contributed by atoms with Crippen molar-refractivity contribution in [2.45, 2.75) is 23.7 Å². The lowest BCUT2D eigenvalue weighted by Gasteiger charge is -2.21. The highest BCUT2D eigenvalue weighted by atomic mass is 35.5. The third kappa shape index (κ3) is 3.96. The van der Waals surface area contributed by atoms with Crippen LogP contribution in [0.15, 0.2) is 40.1 Å². The van der Waals surface area contributed by atoms with Gasteiger partial charge in [-0.1, -0.05) is 0 Å². The van der Waals surface area contributed by atoms with Crippen molar-refractivity contribution in [1.29, 1.82) is 0 Å². The summed E-state index contributed by atoms with van der Waals surface area (Å²) in [6, 6.07) is 3.71. The van der Waals surface area contributed by atoms with Crippen LogP contribution in [0.3, 0.4) is 0 Å². The Kier molecular flexibility index (Phi) is 5.87. The summed E-state index contributed by atoms with van der Waals surface area (Å²) in [6.45, 7) is 1.90. The van der Waals surface area contributed by atoms with Crippen LogP contribution in [0.5, 0.6) is 0 Å². The van der Waals surface area contributed by atoms with E-state index in [1.807, 2.05) is 0 Å². The van der Waals surface area contributed by atoms with E-state index in [0.717, 1.165) is 43.8 Å². The SMILES string of the molecule is CS(=O)(=O)c1ccc(Nc2ncnc3c(C4CCNCC4)coc23)c(F)c1.Cl. The Bertz CT molecular complexity index is 1100. The Morgan fingerprint density at radius 3 is 2.68 bits per heavy atom. The van der Waals surface area contributed by atoms with Gasteiger partial charge in [-0.3, -0.25) is 0 Å². The van der Waals surface area contributed by atoms with Gasteiger partial charge in [0.15, 0.2) is 21.2 Å². The van der Waals surface area contributed by atoms with Crippen LogP contribution in [0.1, 0.15) is 24.3 Å². The molecule has 3 aromatic rings. The quantitative estimate of drug-likeness (QED) is 0.659. The van der Waals surface area contributed by atoms with Gasteiger partial charge in [-0.15, -0.1) is 12.4 Å². The van der Waals surface area contributed by atoms with Gasteiger partial charge in [0.1, 0.15) is 17.7 Å². The number of hydrogen-bond donors (Lipinski definition) is 2. The van der Waals surface area contributed by atoms with Gasteiger partial charge < -0.3 is 15.1 Å². The largest absolute Gasteiger partial charge is 0.458 e. The summed E-state index contributed by atoms with van der Waals surface area (Å²) in [5, 5.41) is 6.21. The van der Waals surface area contributed by atoms with Gasteiger partial charge in [-0.2, -0.15) is 0 Å². The van der Waals surface area contributed by atoms with Gasteiger partial charge in [-0.25, -0.2) is 22.8 Å². The highest BCUT2D eigenvalue weighted by molar-refractivity contribution is 7.90. The normalized spacial score (nSPS) is 15.4. The molecule has 0 aliphatic carbocycles. The molecule has 1 aliphatic rings. The third-order valence-electron chi connectivity index (χ3n) is 4.78. The Balaban J connectivity index is 0.00000225. The molecule has 10 heteroatoms. The summed E-state index contributed by atoms with van der Waals surface area (Å²) in [5.74, 6) is 0.0158. The number of furan rings is 1. The van der Waals surface area contributed by atoms with Crippen molar-refractivity contribution in [3.63, 3.8) is 0 Å². The van der Waals surface area contributed by atoms with Crippen molar-refractivity contribution in [3.05, 3.63) is 42.2 Å². The maximum absolute atomic E-state index is 14.4. The Morgan fingerprint density at radius 2 is 2.00 bits per heavy atom. The third-order valence-corrected chi connectivity index (χ3v) is 5.89. The molecule has 150 valence electrons. The molecule has 7 nitrogen and oxygen atoms in total. The Hall–Kier alpha value is -2.23. The molecular weight excluding hydrogens is 407 g/mol. The molecule has 0 bridgehead atoms. The molecule has 1 aromatic carbocycles. The molecule has 28 heavy (non-hydrogen) atoms. The predicted molar refractivity (Wildman–Crippen MR) is 107 cm³/mol. The van der Waals surface area contributed by atoms with Gasteiger partial charge in [0.25, 0.3) is 0 Å². The fraction of sp³-hybridized carbons (Fsp3) is 0.333. The molecule has 0 unspecified atom stereocenters. The predicted octanol–water partition coefficient (Wildman–Crippen LogP) is 3.40. The fourth-order valence-electron chi connectivity index (χ4n) is 3.34. The van der Waals surface area contributed by atoms with E-state index in [1.165, 1.54) is 18.5 Å². The van der Waals surface area contributed by atoms with E-state index in [1.54, 1.807) is 6.26 Å². The van der Waals surface area contributed by atoms with Crippen LogP contribution in [0.4, 0.5) is 15.9 Å². The van der Waals surface area contributed by atoms with Gasteiger partial charge in [0, 0.05) is 11.8 Å². The van der Waals surface area contributed by atoms with Crippen LogP contribution in [0.2, 0.25) is 0 Å². The fourth-order valence-corrected chi connectivity index (χ4v) is 3.97. The zero-order valence-electron chi connectivity index (χ0n) is 15.1. The number of nitrogens with one attached hydrogen (secondary N) is 2. The number of rotatable bonds is 4. The molecule has 0 atom stereocenters. The van der Waals surface area contributed by atoms with Gasteiger partial charge in [-0.05, 0) is 50.0 Å². The molecular formula is C18H20ClFN4O3S. The standard InChI is InChI=1S/C18H19FN4O3S.ClH/c1-27(24,25)12-2-3-15(14(19)8-12)23-18-17-16(21-10-22-18)13(9-26-17)11-4-6-20-7-5-11;/h2-3,8-11,20H,4-7H2,1H3,(H,21,22,23);1H. The first-order valence-electron chi connectivity index (χ1n) is 8.63. The second-order valence-electron chi connectivity index (χ2n) is 6.65. The van der Waals surface area contributed by atoms with Gasteiger partial charge in [0.05, 0.1) is 16.8 Å². The summed E-state index contributed by atoms with van der Waals surface area (Å²) in [6.07, 6.45) is 6.15. The van der Waals surface area contributed by atoms with Crippen LogP contribution in [0, 0.1) is 5.82 Å². The number of hydrogen-bond acceptors (Lipinski definition) is 7. The minimum absolute atomic E-state index is 0. The number of benzene rings is 1. The van der Waals surface area contributed by atoms with E-state index < -0.39 is 15.7 Å². The second kappa shape index (κ2) is 8.02. The number of halogens is 2. The highest BCUT2D eigenvalue weighted by Gasteiger charge is 2.22. The van der Waals surface area contributed by atoms with Crippen molar-refractivity contribution in [1.82, 2.24) is 15.3 Å². The summed E-state index contributed by atoms with van der Waals surface area (Å²) >= 11 is 0. The average Bonchev–Trinajstić information content (AvgIpc) is 3.08. The molecule has 1 fully saturated rings. The van der Waals surface area contributed by atoms with Crippen molar-refractivity contribution in [3.8, 4) is 0 Å². The zero-order valence-corrected chi connectivity index (χ0v) is 16.7. The summed E-state index contributed by atoms with van der Waals surface area (Å²) in [7, 11) is -3.48. The summed E-state index contributed by atoms with van der Waals surface area (Å²) < 4.78 is 43.2. The first-order chi connectivity index (χ1) is 12.9. The first kappa shape index (κ1) is 20.5. The molecule has 0 spiro atoms. The molecule has 0 saturated carbocycles. The van der Waals surface area contributed by atoms with Crippen molar-refractivity contribution in [2.24, 2.45) is 0 Å². The number of sulfone groups is 1. The highest BCUT2D eigenvalue weighted by Crippen LogP contribution is 2.35. The topological polar surface area (TPSA) is 97.1 Å². The van der Waals surface area contributed by atoms with Crippen LogP contribution >= 0.6 is 12.4 Å². The van der Waals surface area contributed by atoms with Crippen molar-refractivity contribution < 1.29 is 17.2 Å². The maximum Gasteiger partial charge on any atom is 0.195 e. The lowest BCUT2D eigenvalue weighted by Crippen LogP contribution is -2.26. The van der Waals surface area contributed by atoms with E-state index in [9.17, 15) is 12.8 Å². The number of piperidine rings is 1. The first-order valence-corrected chi connectivity index (χ1v) is 10.5. The summed E-state index contributed by atoms with van der Waals surface area (Å²) in [4.78, 5) is 8.43. The van der Waals surface area contributed by atoms with Crippen LogP contribution in [-0.2, 0) is 9.84 Å². The van der Waals surface area contributed by atoms with Crippen LogP contribution in [-0.4, -0.2) is 37.7 Å². The molecule has 2 N–H and O–H groups in total. The van der Waals surface area contributed by atoms with E-state index in [-0.39, 0.29) is 23.0 Å². The van der Waals surface area contributed by atoms with E-state index >= 15 is 0 Å². The maximum atomic E-state index is 14.4. The minimum atomic E-state index is -3.48. The zero-order chi connectivity index (χ0) is 19.0. The molecule has 1 aliphatic heterocycles. The molecule has 3 heterocycles.